The fourth-order valence-corrected chi connectivity index (χ4v) is 5.20. The van der Waals surface area contributed by atoms with Crippen LogP contribution < -0.4 is 0 Å². The van der Waals surface area contributed by atoms with E-state index in [1.807, 2.05) is 12.1 Å². The van der Waals surface area contributed by atoms with Crippen LogP contribution in [-0.2, 0) is 9.47 Å². The second-order valence-electron chi connectivity index (χ2n) is 7.35. The van der Waals surface area contributed by atoms with Crippen LogP contribution in [0.25, 0.3) is 11.1 Å². The van der Waals surface area contributed by atoms with Crippen LogP contribution in [0.2, 0.25) is 19.6 Å². The summed E-state index contributed by atoms with van der Waals surface area (Å²) in [7, 11) is 1.84. The van der Waals surface area contributed by atoms with Crippen molar-refractivity contribution < 1.29 is 9.47 Å². The largest absolute Gasteiger partial charge is 0.346 e. The van der Waals surface area contributed by atoms with E-state index in [-0.39, 0.29) is 0 Å². The number of benzene rings is 2. The molecule has 0 unspecified atom stereocenters. The maximum Gasteiger partial charge on any atom is 0.222 e. The predicted molar refractivity (Wildman–Crippen MR) is 108 cm³/mol. The van der Waals surface area contributed by atoms with E-state index in [0.29, 0.717) is 0 Å². The Bertz CT molecular complexity index is 795. The molecule has 1 aliphatic rings. The summed E-state index contributed by atoms with van der Waals surface area (Å²) in [5.74, 6) is -0.877. The minimum Gasteiger partial charge on any atom is -0.346 e. The molecule has 2 aromatic rings. The quantitative estimate of drug-likeness (QED) is 0.531. The summed E-state index contributed by atoms with van der Waals surface area (Å²) in [4.78, 5) is 0. The van der Waals surface area contributed by atoms with Crippen LogP contribution in [0.4, 0.5) is 0 Å². The van der Waals surface area contributed by atoms with Crippen LogP contribution >= 0.6 is 0 Å². The van der Waals surface area contributed by atoms with Gasteiger partial charge in [-0.1, -0.05) is 91.6 Å². The lowest BCUT2D eigenvalue weighted by Crippen LogP contribution is -2.36. The lowest BCUT2D eigenvalue weighted by molar-refractivity contribution is -0.115. The molecule has 3 heteroatoms. The van der Waals surface area contributed by atoms with Crippen LogP contribution in [0.15, 0.2) is 71.9 Å². The zero-order valence-electron chi connectivity index (χ0n) is 15.7. The van der Waals surface area contributed by atoms with E-state index < -0.39 is 13.9 Å². The number of rotatable bonds is 5. The first-order valence-corrected chi connectivity index (χ1v) is 12.1. The Kier molecular flexibility index (Phi) is 4.83. The van der Waals surface area contributed by atoms with E-state index in [2.05, 4.69) is 74.2 Å². The van der Waals surface area contributed by atoms with Crippen LogP contribution in [0, 0.1) is 0 Å². The number of hydrogen-bond acceptors (Lipinski definition) is 2. The first-order valence-electron chi connectivity index (χ1n) is 8.62. The molecular formula is C22H26O2Si. The summed E-state index contributed by atoms with van der Waals surface area (Å²) in [5.41, 5.74) is 4.52. The van der Waals surface area contributed by atoms with Gasteiger partial charge in [0.2, 0.25) is 5.79 Å². The summed E-state index contributed by atoms with van der Waals surface area (Å²) >= 11 is 0. The molecule has 0 saturated carbocycles. The lowest BCUT2D eigenvalue weighted by atomic mass is 9.92. The third kappa shape index (κ3) is 3.04. The minimum atomic E-state index is -1.62. The summed E-state index contributed by atoms with van der Waals surface area (Å²) in [6.07, 6.45) is 2.30. The average Bonchev–Trinajstić information content (AvgIpc) is 2.99. The van der Waals surface area contributed by atoms with E-state index in [4.69, 9.17) is 9.47 Å². The molecule has 2 nitrogen and oxygen atoms in total. The third-order valence-corrected chi connectivity index (χ3v) is 6.78. The number of allylic oxidation sites excluding steroid dienone is 2. The van der Waals surface area contributed by atoms with Gasteiger partial charge in [-0.3, -0.25) is 0 Å². The smallest absolute Gasteiger partial charge is 0.222 e. The van der Waals surface area contributed by atoms with Crippen molar-refractivity contribution in [3.8, 4) is 0 Å². The van der Waals surface area contributed by atoms with Gasteiger partial charge < -0.3 is 9.47 Å². The molecule has 0 heterocycles. The van der Waals surface area contributed by atoms with Crippen molar-refractivity contribution >= 4 is 19.2 Å². The van der Waals surface area contributed by atoms with Gasteiger partial charge in [0.25, 0.3) is 0 Å². The molecule has 0 atom stereocenters. The molecule has 0 N–H and O–H groups in total. The van der Waals surface area contributed by atoms with Crippen molar-refractivity contribution in [1.82, 2.24) is 0 Å². The Balaban J connectivity index is 2.30. The fourth-order valence-electron chi connectivity index (χ4n) is 3.56. The monoisotopic (exact) mass is 350 g/mol. The topological polar surface area (TPSA) is 18.5 Å². The lowest BCUT2D eigenvalue weighted by Gasteiger charge is -2.34. The van der Waals surface area contributed by atoms with Gasteiger partial charge in [-0.05, 0) is 11.1 Å². The molecule has 130 valence electrons. The van der Waals surface area contributed by atoms with Crippen LogP contribution in [0.1, 0.15) is 11.1 Å². The van der Waals surface area contributed by atoms with Gasteiger partial charge in [0.1, 0.15) is 0 Å². The van der Waals surface area contributed by atoms with E-state index in [9.17, 15) is 0 Å². The highest BCUT2D eigenvalue weighted by Gasteiger charge is 2.47. The molecule has 0 fully saturated rings. The van der Waals surface area contributed by atoms with Crippen molar-refractivity contribution in [1.29, 1.82) is 0 Å². The van der Waals surface area contributed by atoms with Crippen LogP contribution in [0.3, 0.4) is 0 Å². The van der Waals surface area contributed by atoms with Crippen molar-refractivity contribution in [3.05, 3.63) is 83.1 Å². The molecule has 3 rings (SSSR count). The molecule has 1 aliphatic carbocycles. The number of ether oxygens (including phenoxy) is 2. The molecule has 2 aromatic carbocycles. The fraction of sp³-hybridized carbons (Fsp3) is 0.273. The van der Waals surface area contributed by atoms with Crippen LogP contribution in [-0.4, -0.2) is 28.1 Å². The van der Waals surface area contributed by atoms with Gasteiger partial charge >= 0.3 is 0 Å². The zero-order valence-corrected chi connectivity index (χ0v) is 16.7. The highest BCUT2D eigenvalue weighted by Crippen LogP contribution is 2.50. The Morgan fingerprint density at radius 2 is 1.20 bits per heavy atom. The van der Waals surface area contributed by atoms with Gasteiger partial charge in [-0.25, -0.2) is 0 Å². The Labute approximate surface area is 151 Å². The first-order chi connectivity index (χ1) is 11.9. The molecule has 0 radical (unpaired) electrons. The maximum atomic E-state index is 6.08. The van der Waals surface area contributed by atoms with Gasteiger partial charge in [0.05, 0.1) is 8.07 Å². The highest BCUT2D eigenvalue weighted by molar-refractivity contribution is 6.85. The summed E-state index contributed by atoms with van der Waals surface area (Å²) in [5, 5.41) is 1.38. The maximum absolute atomic E-state index is 6.08. The standard InChI is InChI=1S/C22H26O2Si/c1-23-22(24-2)19(17-12-8-6-9-13-17)16-20(25(3,4)5)21(22)18-14-10-7-11-15-18/h6-16H,1-5H3. The normalized spacial score (nSPS) is 16.9. The predicted octanol–water partition coefficient (Wildman–Crippen LogP) is 5.40. The molecule has 0 spiro atoms. The summed E-state index contributed by atoms with van der Waals surface area (Å²) in [6, 6.07) is 20.9. The van der Waals surface area contributed by atoms with Crippen molar-refractivity contribution in [3.63, 3.8) is 0 Å². The number of methoxy groups -OCH3 is 2. The molecule has 0 aliphatic heterocycles. The molecule has 0 amide bonds. The second kappa shape index (κ2) is 6.75. The van der Waals surface area contributed by atoms with Gasteiger partial charge in [-0.2, -0.15) is 0 Å². The molecule has 25 heavy (non-hydrogen) atoms. The van der Waals surface area contributed by atoms with Gasteiger partial charge in [0.15, 0.2) is 0 Å². The Morgan fingerprint density at radius 3 is 1.64 bits per heavy atom. The van der Waals surface area contributed by atoms with Gasteiger partial charge in [0, 0.05) is 25.4 Å². The Hall–Kier alpha value is -1.94. The highest BCUT2D eigenvalue weighted by atomic mass is 28.3. The van der Waals surface area contributed by atoms with Crippen molar-refractivity contribution in [2.75, 3.05) is 14.2 Å². The Morgan fingerprint density at radius 1 is 0.720 bits per heavy atom. The van der Waals surface area contributed by atoms with Crippen molar-refractivity contribution in [2.45, 2.75) is 25.4 Å². The zero-order chi connectivity index (χ0) is 18.1. The van der Waals surface area contributed by atoms with E-state index >= 15 is 0 Å². The van der Waals surface area contributed by atoms with E-state index in [0.717, 1.165) is 22.3 Å². The van der Waals surface area contributed by atoms with Crippen molar-refractivity contribution in [2.24, 2.45) is 0 Å². The van der Waals surface area contributed by atoms with E-state index in [1.54, 1.807) is 14.2 Å². The molecular weight excluding hydrogens is 324 g/mol. The average molecular weight is 351 g/mol. The van der Waals surface area contributed by atoms with Gasteiger partial charge in [-0.15, -0.1) is 0 Å². The molecule has 0 bridgehead atoms. The molecule has 0 saturated heterocycles. The van der Waals surface area contributed by atoms with E-state index in [1.165, 1.54) is 5.20 Å². The number of hydrogen-bond donors (Lipinski definition) is 0. The second-order valence-corrected chi connectivity index (χ2v) is 12.4. The minimum absolute atomic E-state index is 0.877. The van der Waals surface area contributed by atoms with Crippen LogP contribution in [0.5, 0.6) is 0 Å². The SMILES string of the molecule is COC1(OC)C(c2ccccc2)=CC([Si](C)(C)C)=C1c1ccccc1. The summed E-state index contributed by atoms with van der Waals surface area (Å²) < 4.78 is 12.2. The molecule has 0 aromatic heterocycles. The third-order valence-electron chi connectivity index (χ3n) is 4.77. The summed E-state index contributed by atoms with van der Waals surface area (Å²) in [6.45, 7) is 7.10. The first kappa shape index (κ1) is 17.9.